The summed E-state index contributed by atoms with van der Waals surface area (Å²) in [5, 5.41) is 3.17. The molecule has 0 aromatic heterocycles. The quantitative estimate of drug-likeness (QED) is 0.837. The standard InChI is InChI=1S/C13H14F3N/c1-12(8-17-9-12)7-6-10-2-4-11(5-3-10)13(14,15)16/h2-7,17H,8-9H2,1H3. The van der Waals surface area contributed by atoms with Crippen LogP contribution in [0.4, 0.5) is 13.2 Å². The molecule has 0 unspecified atom stereocenters. The fourth-order valence-electron chi connectivity index (χ4n) is 1.72. The minimum absolute atomic E-state index is 0.142. The average Bonchev–Trinajstić information content (AvgIpc) is 2.23. The summed E-state index contributed by atoms with van der Waals surface area (Å²) in [5.41, 5.74) is 0.334. The third kappa shape index (κ3) is 2.88. The van der Waals surface area contributed by atoms with Crippen LogP contribution in [0, 0.1) is 5.41 Å². The Kier molecular flexibility index (Phi) is 3.00. The van der Waals surface area contributed by atoms with Crippen molar-refractivity contribution in [2.45, 2.75) is 13.1 Å². The number of alkyl halides is 3. The van der Waals surface area contributed by atoms with Crippen LogP contribution >= 0.6 is 0 Å². The Hall–Kier alpha value is -1.29. The van der Waals surface area contributed by atoms with Crippen LogP contribution in [0.5, 0.6) is 0 Å². The Morgan fingerprint density at radius 2 is 1.76 bits per heavy atom. The zero-order valence-corrected chi connectivity index (χ0v) is 9.51. The first-order valence-electron chi connectivity index (χ1n) is 5.46. The molecule has 0 radical (unpaired) electrons. The van der Waals surface area contributed by atoms with E-state index in [1.165, 1.54) is 12.1 Å². The Balaban J connectivity index is 2.08. The molecule has 1 aliphatic heterocycles. The summed E-state index contributed by atoms with van der Waals surface area (Å²) >= 11 is 0. The van der Waals surface area contributed by atoms with Gasteiger partial charge in [-0.05, 0) is 17.7 Å². The fraction of sp³-hybridized carbons (Fsp3) is 0.385. The van der Waals surface area contributed by atoms with E-state index in [4.69, 9.17) is 0 Å². The number of benzene rings is 1. The fourth-order valence-corrected chi connectivity index (χ4v) is 1.72. The highest BCUT2D eigenvalue weighted by atomic mass is 19.4. The van der Waals surface area contributed by atoms with Crippen molar-refractivity contribution in [2.24, 2.45) is 5.41 Å². The largest absolute Gasteiger partial charge is 0.416 e. The molecule has 1 heterocycles. The lowest BCUT2D eigenvalue weighted by Gasteiger charge is -2.36. The van der Waals surface area contributed by atoms with Crippen molar-refractivity contribution in [3.8, 4) is 0 Å². The molecule has 17 heavy (non-hydrogen) atoms. The lowest BCUT2D eigenvalue weighted by molar-refractivity contribution is -0.137. The van der Waals surface area contributed by atoms with E-state index in [1.807, 2.05) is 12.2 Å². The highest BCUT2D eigenvalue weighted by Crippen LogP contribution is 2.29. The smallest absolute Gasteiger partial charge is 0.315 e. The van der Waals surface area contributed by atoms with Crippen LogP contribution in [0.2, 0.25) is 0 Å². The molecule has 0 atom stereocenters. The highest BCUT2D eigenvalue weighted by molar-refractivity contribution is 5.51. The van der Waals surface area contributed by atoms with E-state index >= 15 is 0 Å². The Morgan fingerprint density at radius 1 is 1.18 bits per heavy atom. The number of nitrogens with one attached hydrogen (secondary N) is 1. The van der Waals surface area contributed by atoms with E-state index in [-0.39, 0.29) is 5.41 Å². The van der Waals surface area contributed by atoms with E-state index < -0.39 is 11.7 Å². The Morgan fingerprint density at radius 3 is 2.18 bits per heavy atom. The molecule has 0 saturated carbocycles. The zero-order valence-electron chi connectivity index (χ0n) is 9.51. The topological polar surface area (TPSA) is 12.0 Å². The maximum Gasteiger partial charge on any atom is 0.416 e. The molecule has 1 fully saturated rings. The first-order valence-corrected chi connectivity index (χ1v) is 5.46. The Labute approximate surface area is 98.3 Å². The molecule has 1 aromatic carbocycles. The van der Waals surface area contributed by atoms with E-state index in [0.29, 0.717) is 0 Å². The minimum Gasteiger partial charge on any atom is -0.315 e. The molecule has 1 aliphatic rings. The van der Waals surface area contributed by atoms with Crippen molar-refractivity contribution < 1.29 is 13.2 Å². The number of hydrogen-bond acceptors (Lipinski definition) is 1. The van der Waals surface area contributed by atoms with Gasteiger partial charge in [0.2, 0.25) is 0 Å². The van der Waals surface area contributed by atoms with Crippen molar-refractivity contribution in [2.75, 3.05) is 13.1 Å². The molecule has 1 nitrogen and oxygen atoms in total. The van der Waals surface area contributed by atoms with Gasteiger partial charge in [0.1, 0.15) is 0 Å². The lowest BCUT2D eigenvalue weighted by Crippen LogP contribution is -2.49. The number of rotatable bonds is 2. The molecule has 1 N–H and O–H groups in total. The van der Waals surface area contributed by atoms with Crippen LogP contribution in [0.1, 0.15) is 18.1 Å². The van der Waals surface area contributed by atoms with E-state index in [9.17, 15) is 13.2 Å². The average molecular weight is 241 g/mol. The highest BCUT2D eigenvalue weighted by Gasteiger charge is 2.30. The summed E-state index contributed by atoms with van der Waals surface area (Å²) in [6, 6.07) is 5.21. The van der Waals surface area contributed by atoms with Gasteiger partial charge in [0.05, 0.1) is 5.56 Å². The summed E-state index contributed by atoms with van der Waals surface area (Å²) in [5.74, 6) is 0. The molecule has 4 heteroatoms. The van der Waals surface area contributed by atoms with Crippen LogP contribution in [0.15, 0.2) is 30.3 Å². The van der Waals surface area contributed by atoms with Gasteiger partial charge in [-0.1, -0.05) is 31.2 Å². The van der Waals surface area contributed by atoms with E-state index in [1.54, 1.807) is 0 Å². The van der Waals surface area contributed by atoms with Crippen molar-refractivity contribution >= 4 is 6.08 Å². The van der Waals surface area contributed by atoms with Gasteiger partial charge in [-0.15, -0.1) is 0 Å². The summed E-state index contributed by atoms with van der Waals surface area (Å²) in [4.78, 5) is 0. The molecule has 0 bridgehead atoms. The summed E-state index contributed by atoms with van der Waals surface area (Å²) in [6.07, 6.45) is -0.334. The van der Waals surface area contributed by atoms with Crippen LogP contribution in [-0.2, 0) is 6.18 Å². The van der Waals surface area contributed by atoms with Gasteiger partial charge in [0.15, 0.2) is 0 Å². The van der Waals surface area contributed by atoms with E-state index in [0.717, 1.165) is 30.8 Å². The second kappa shape index (κ2) is 4.18. The first kappa shape index (κ1) is 12.2. The molecule has 0 aliphatic carbocycles. The Bertz CT molecular complexity index is 413. The zero-order chi connectivity index (χ0) is 12.5. The molecule has 2 rings (SSSR count). The minimum atomic E-state index is -4.26. The molecule has 1 saturated heterocycles. The van der Waals surface area contributed by atoms with Crippen LogP contribution in [0.25, 0.3) is 6.08 Å². The van der Waals surface area contributed by atoms with Gasteiger partial charge in [0, 0.05) is 18.5 Å². The third-order valence-corrected chi connectivity index (χ3v) is 2.97. The number of hydrogen-bond donors (Lipinski definition) is 1. The van der Waals surface area contributed by atoms with Crippen LogP contribution in [0.3, 0.4) is 0 Å². The summed E-state index contributed by atoms with van der Waals surface area (Å²) in [7, 11) is 0. The van der Waals surface area contributed by atoms with Gasteiger partial charge in [-0.3, -0.25) is 0 Å². The monoisotopic (exact) mass is 241 g/mol. The van der Waals surface area contributed by atoms with Gasteiger partial charge in [0.25, 0.3) is 0 Å². The molecular formula is C13H14F3N. The number of halogens is 3. The van der Waals surface area contributed by atoms with Crippen molar-refractivity contribution in [1.82, 2.24) is 5.32 Å². The summed E-state index contributed by atoms with van der Waals surface area (Å²) < 4.78 is 37.0. The van der Waals surface area contributed by atoms with Crippen LogP contribution < -0.4 is 5.32 Å². The molecule has 1 aromatic rings. The van der Waals surface area contributed by atoms with Crippen molar-refractivity contribution in [1.29, 1.82) is 0 Å². The molecule has 0 spiro atoms. The second-order valence-electron chi connectivity index (χ2n) is 4.71. The predicted molar refractivity (Wildman–Crippen MR) is 61.5 cm³/mol. The molecular weight excluding hydrogens is 227 g/mol. The van der Waals surface area contributed by atoms with Gasteiger partial charge in [-0.25, -0.2) is 0 Å². The van der Waals surface area contributed by atoms with Crippen molar-refractivity contribution in [3.05, 3.63) is 41.5 Å². The van der Waals surface area contributed by atoms with Crippen LogP contribution in [-0.4, -0.2) is 13.1 Å². The normalized spacial score (nSPS) is 19.3. The van der Waals surface area contributed by atoms with Gasteiger partial charge in [-0.2, -0.15) is 13.2 Å². The van der Waals surface area contributed by atoms with E-state index in [2.05, 4.69) is 12.2 Å². The predicted octanol–water partition coefficient (Wildman–Crippen LogP) is 3.33. The molecule has 0 amide bonds. The van der Waals surface area contributed by atoms with Gasteiger partial charge < -0.3 is 5.32 Å². The lowest BCUT2D eigenvalue weighted by atomic mass is 9.83. The third-order valence-electron chi connectivity index (χ3n) is 2.97. The summed E-state index contributed by atoms with van der Waals surface area (Å²) in [6.45, 7) is 3.96. The SMILES string of the molecule is CC1(C=Cc2ccc(C(F)(F)F)cc2)CNC1. The maximum atomic E-state index is 12.3. The first-order chi connectivity index (χ1) is 7.89. The van der Waals surface area contributed by atoms with Crippen molar-refractivity contribution in [3.63, 3.8) is 0 Å². The molecule has 92 valence electrons. The maximum absolute atomic E-state index is 12.3. The second-order valence-corrected chi connectivity index (χ2v) is 4.71. The van der Waals surface area contributed by atoms with Gasteiger partial charge >= 0.3 is 6.18 Å².